The van der Waals surface area contributed by atoms with Crippen LogP contribution in [0.5, 0.6) is 11.5 Å². The highest BCUT2D eigenvalue weighted by atomic mass is 16.5. The molecule has 0 aliphatic carbocycles. The maximum atomic E-state index is 5.61. The molecule has 0 amide bonds. The summed E-state index contributed by atoms with van der Waals surface area (Å²) in [4.78, 5) is 0. The first-order chi connectivity index (χ1) is 10.8. The normalized spacial score (nSPS) is 20.8. The molecule has 2 aromatic rings. The molecule has 0 saturated carbocycles. The summed E-state index contributed by atoms with van der Waals surface area (Å²) in [5, 5.41) is 3.63. The molecule has 0 spiro atoms. The van der Waals surface area contributed by atoms with Crippen molar-refractivity contribution in [2.24, 2.45) is 5.92 Å². The lowest BCUT2D eigenvalue weighted by atomic mass is 9.88. The predicted octanol–water partition coefficient (Wildman–Crippen LogP) is 3.60. The van der Waals surface area contributed by atoms with Crippen molar-refractivity contribution >= 4 is 0 Å². The molecule has 0 radical (unpaired) electrons. The molecule has 116 valence electrons. The molecule has 1 aliphatic heterocycles. The van der Waals surface area contributed by atoms with Gasteiger partial charge in [-0.3, -0.25) is 0 Å². The Morgan fingerprint density at radius 1 is 1.00 bits per heavy atom. The summed E-state index contributed by atoms with van der Waals surface area (Å²) >= 11 is 0. The van der Waals surface area contributed by atoms with E-state index in [4.69, 9.17) is 9.47 Å². The summed E-state index contributed by atoms with van der Waals surface area (Å²) < 4.78 is 11.1. The molecule has 1 fully saturated rings. The molecule has 0 bridgehead atoms. The molecule has 1 saturated heterocycles. The van der Waals surface area contributed by atoms with Crippen LogP contribution >= 0.6 is 0 Å². The van der Waals surface area contributed by atoms with E-state index in [2.05, 4.69) is 41.7 Å². The van der Waals surface area contributed by atoms with Gasteiger partial charge in [-0.25, -0.2) is 0 Å². The number of hydrogen-bond acceptors (Lipinski definition) is 3. The number of methoxy groups -OCH3 is 2. The average molecular weight is 297 g/mol. The van der Waals surface area contributed by atoms with E-state index in [9.17, 15) is 0 Å². The Kier molecular flexibility index (Phi) is 4.64. The number of hydrogen-bond donors (Lipinski definition) is 1. The van der Waals surface area contributed by atoms with Crippen molar-refractivity contribution in [1.29, 1.82) is 0 Å². The van der Waals surface area contributed by atoms with Crippen LogP contribution in [0.2, 0.25) is 0 Å². The van der Waals surface area contributed by atoms with Gasteiger partial charge in [0.2, 0.25) is 0 Å². The van der Waals surface area contributed by atoms with Gasteiger partial charge in [0.15, 0.2) is 11.5 Å². The van der Waals surface area contributed by atoms with Gasteiger partial charge in [-0.15, -0.1) is 0 Å². The highest BCUT2D eigenvalue weighted by molar-refractivity contribution is 5.48. The molecule has 1 N–H and O–H groups in total. The second-order valence-corrected chi connectivity index (χ2v) is 5.75. The number of ether oxygens (including phenoxy) is 2. The molecule has 1 heterocycles. The van der Waals surface area contributed by atoms with Crippen molar-refractivity contribution in [3.8, 4) is 11.5 Å². The van der Waals surface area contributed by atoms with Crippen LogP contribution in [0.15, 0.2) is 48.5 Å². The van der Waals surface area contributed by atoms with Crippen LogP contribution in [-0.2, 0) is 6.42 Å². The van der Waals surface area contributed by atoms with Crippen LogP contribution in [-0.4, -0.2) is 20.8 Å². The van der Waals surface area contributed by atoms with Gasteiger partial charge in [0, 0.05) is 11.6 Å². The van der Waals surface area contributed by atoms with E-state index < -0.39 is 0 Å². The van der Waals surface area contributed by atoms with Gasteiger partial charge in [-0.2, -0.15) is 0 Å². The molecular formula is C19H23NO2. The number of nitrogens with one attached hydrogen (secondary N) is 1. The molecule has 22 heavy (non-hydrogen) atoms. The highest BCUT2D eigenvalue weighted by Gasteiger charge is 2.31. The fourth-order valence-electron chi connectivity index (χ4n) is 3.42. The predicted molar refractivity (Wildman–Crippen MR) is 88.5 cm³/mol. The summed E-state index contributed by atoms with van der Waals surface area (Å²) in [6.07, 6.45) is 2.26. The largest absolute Gasteiger partial charge is 0.493 e. The zero-order valence-electron chi connectivity index (χ0n) is 13.2. The minimum atomic E-state index is 0.310. The van der Waals surface area contributed by atoms with Gasteiger partial charge >= 0.3 is 0 Å². The Balaban J connectivity index is 1.87. The van der Waals surface area contributed by atoms with Crippen LogP contribution in [0.25, 0.3) is 0 Å². The zero-order chi connectivity index (χ0) is 15.4. The van der Waals surface area contributed by atoms with Crippen molar-refractivity contribution < 1.29 is 9.47 Å². The Labute approximate surface area is 132 Å². The molecular weight excluding hydrogens is 274 g/mol. The standard InChI is InChI=1S/C19H23NO2/c1-21-17-10-6-9-16(19(17)22-2)18-15(11-12-20-18)13-14-7-4-3-5-8-14/h3-10,15,18,20H,11-13H2,1-2H3. The van der Waals surface area contributed by atoms with Crippen molar-refractivity contribution in [1.82, 2.24) is 5.32 Å². The van der Waals surface area contributed by atoms with E-state index >= 15 is 0 Å². The summed E-state index contributed by atoms with van der Waals surface area (Å²) in [6, 6.07) is 17.1. The van der Waals surface area contributed by atoms with Crippen molar-refractivity contribution in [2.75, 3.05) is 20.8 Å². The van der Waals surface area contributed by atoms with E-state index in [0.29, 0.717) is 12.0 Å². The lowest BCUT2D eigenvalue weighted by molar-refractivity contribution is 0.342. The SMILES string of the molecule is COc1cccc(C2NCCC2Cc2ccccc2)c1OC. The van der Waals surface area contributed by atoms with E-state index in [-0.39, 0.29) is 0 Å². The number of benzene rings is 2. The molecule has 3 heteroatoms. The Hall–Kier alpha value is -2.00. The summed E-state index contributed by atoms with van der Waals surface area (Å²) in [5.74, 6) is 2.22. The smallest absolute Gasteiger partial charge is 0.165 e. The van der Waals surface area contributed by atoms with E-state index in [1.54, 1.807) is 14.2 Å². The first-order valence-electron chi connectivity index (χ1n) is 7.81. The first-order valence-corrected chi connectivity index (χ1v) is 7.81. The van der Waals surface area contributed by atoms with Crippen LogP contribution in [0.4, 0.5) is 0 Å². The Bertz CT molecular complexity index is 612. The molecule has 2 aromatic carbocycles. The average Bonchev–Trinajstić information content (AvgIpc) is 3.02. The third kappa shape index (κ3) is 2.95. The van der Waals surface area contributed by atoms with E-state index in [1.165, 1.54) is 17.5 Å². The minimum absolute atomic E-state index is 0.310. The zero-order valence-corrected chi connectivity index (χ0v) is 13.2. The minimum Gasteiger partial charge on any atom is -0.493 e. The lowest BCUT2D eigenvalue weighted by Crippen LogP contribution is -2.20. The van der Waals surface area contributed by atoms with E-state index in [1.807, 2.05) is 12.1 Å². The molecule has 3 nitrogen and oxygen atoms in total. The van der Waals surface area contributed by atoms with Crippen LogP contribution < -0.4 is 14.8 Å². The molecule has 0 aromatic heterocycles. The lowest BCUT2D eigenvalue weighted by Gasteiger charge is -2.23. The van der Waals surface area contributed by atoms with Crippen LogP contribution in [0.3, 0.4) is 0 Å². The van der Waals surface area contributed by atoms with Gasteiger partial charge in [0.1, 0.15) is 0 Å². The Morgan fingerprint density at radius 2 is 1.82 bits per heavy atom. The first kappa shape index (κ1) is 14.9. The fraction of sp³-hybridized carbons (Fsp3) is 0.368. The maximum Gasteiger partial charge on any atom is 0.165 e. The van der Waals surface area contributed by atoms with Gasteiger partial charge in [0.25, 0.3) is 0 Å². The molecule has 2 atom stereocenters. The van der Waals surface area contributed by atoms with Crippen molar-refractivity contribution in [2.45, 2.75) is 18.9 Å². The van der Waals surface area contributed by atoms with Gasteiger partial charge in [-0.1, -0.05) is 42.5 Å². The third-order valence-corrected chi connectivity index (χ3v) is 4.46. The number of rotatable bonds is 5. The van der Waals surface area contributed by atoms with Crippen LogP contribution in [0.1, 0.15) is 23.6 Å². The van der Waals surface area contributed by atoms with Gasteiger partial charge < -0.3 is 14.8 Å². The maximum absolute atomic E-state index is 5.61. The van der Waals surface area contributed by atoms with Crippen LogP contribution in [0, 0.1) is 5.92 Å². The van der Waals surface area contributed by atoms with Crippen molar-refractivity contribution in [3.63, 3.8) is 0 Å². The van der Waals surface area contributed by atoms with E-state index in [0.717, 1.165) is 24.5 Å². The fourth-order valence-corrected chi connectivity index (χ4v) is 3.42. The monoisotopic (exact) mass is 297 g/mol. The molecule has 1 aliphatic rings. The summed E-state index contributed by atoms with van der Waals surface area (Å²) in [6.45, 7) is 1.04. The third-order valence-electron chi connectivity index (χ3n) is 4.46. The van der Waals surface area contributed by atoms with Gasteiger partial charge in [0.05, 0.1) is 14.2 Å². The summed E-state index contributed by atoms with van der Waals surface area (Å²) in [5.41, 5.74) is 2.59. The second kappa shape index (κ2) is 6.84. The number of para-hydroxylation sites is 1. The van der Waals surface area contributed by atoms with Gasteiger partial charge in [-0.05, 0) is 36.9 Å². The summed E-state index contributed by atoms with van der Waals surface area (Å²) in [7, 11) is 3.40. The Morgan fingerprint density at radius 3 is 2.55 bits per heavy atom. The topological polar surface area (TPSA) is 30.5 Å². The highest BCUT2D eigenvalue weighted by Crippen LogP contribution is 2.41. The quantitative estimate of drug-likeness (QED) is 0.914. The second-order valence-electron chi connectivity index (χ2n) is 5.75. The molecule has 3 rings (SSSR count). The molecule has 2 unspecified atom stereocenters. The van der Waals surface area contributed by atoms with Crippen molar-refractivity contribution in [3.05, 3.63) is 59.7 Å².